The molecular formula is C32H36N2O2S2. The normalized spacial score (nSPS) is 11.7. The molecule has 0 aliphatic heterocycles. The van der Waals surface area contributed by atoms with Crippen molar-refractivity contribution in [1.29, 1.82) is 10.5 Å². The molecule has 0 saturated heterocycles. The fraction of sp³-hybridized carbons (Fsp3) is 0.375. The lowest BCUT2D eigenvalue weighted by molar-refractivity contribution is 0.296. The molecule has 0 N–H and O–H groups in total. The van der Waals surface area contributed by atoms with Crippen molar-refractivity contribution in [2.75, 3.05) is 13.2 Å². The molecule has 6 heteroatoms. The molecule has 198 valence electrons. The molecular weight excluding hydrogens is 508 g/mol. The lowest BCUT2D eigenvalue weighted by atomic mass is 10.0. The van der Waals surface area contributed by atoms with E-state index in [4.69, 9.17) is 9.47 Å². The second kappa shape index (κ2) is 16.5. The predicted octanol–water partition coefficient (Wildman–Crippen LogP) is 9.86. The van der Waals surface area contributed by atoms with Gasteiger partial charge in [0.2, 0.25) is 0 Å². The van der Waals surface area contributed by atoms with Gasteiger partial charge in [0, 0.05) is 20.9 Å². The topological polar surface area (TPSA) is 66.0 Å². The van der Waals surface area contributed by atoms with Crippen LogP contribution in [-0.4, -0.2) is 13.2 Å². The highest BCUT2D eigenvalue weighted by molar-refractivity contribution is 7.11. The van der Waals surface area contributed by atoms with E-state index in [1.165, 1.54) is 48.4 Å². The molecule has 38 heavy (non-hydrogen) atoms. The molecule has 0 aliphatic carbocycles. The Balaban J connectivity index is 2.04. The van der Waals surface area contributed by atoms with Gasteiger partial charge in [-0.1, -0.05) is 64.5 Å². The van der Waals surface area contributed by atoms with Crippen LogP contribution in [0.15, 0.2) is 47.2 Å². The van der Waals surface area contributed by atoms with Crippen LogP contribution < -0.4 is 9.47 Å². The summed E-state index contributed by atoms with van der Waals surface area (Å²) in [7, 11) is 0. The van der Waals surface area contributed by atoms with Crippen LogP contribution >= 0.6 is 22.7 Å². The molecule has 0 atom stereocenters. The zero-order chi connectivity index (χ0) is 27.0. The standard InChI is InChI=1S/C32H36N2O2S2/c1-3-5-7-9-15-35-29-21-26(20-28(24-34)32-14-12-18-38-32)30(36-16-10-8-6-4-2)22-25(29)19-27(23-33)31-13-11-17-37-31/h11-14,17-22H,3-10,15-16H2,1-2H3. The van der Waals surface area contributed by atoms with Crippen LogP contribution in [0.3, 0.4) is 0 Å². The van der Waals surface area contributed by atoms with E-state index in [1.54, 1.807) is 0 Å². The fourth-order valence-corrected chi connectivity index (χ4v) is 5.37. The van der Waals surface area contributed by atoms with Gasteiger partial charge < -0.3 is 9.47 Å². The number of nitriles is 2. The van der Waals surface area contributed by atoms with Gasteiger partial charge in [0.05, 0.1) is 24.4 Å². The van der Waals surface area contributed by atoms with Crippen molar-refractivity contribution in [3.8, 4) is 23.6 Å². The Hall–Kier alpha value is -3.32. The zero-order valence-electron chi connectivity index (χ0n) is 22.4. The summed E-state index contributed by atoms with van der Waals surface area (Å²) in [5, 5.41) is 23.7. The smallest absolute Gasteiger partial charge is 0.127 e. The van der Waals surface area contributed by atoms with Crippen molar-refractivity contribution in [1.82, 2.24) is 0 Å². The van der Waals surface area contributed by atoms with E-state index >= 15 is 0 Å². The minimum Gasteiger partial charge on any atom is -0.493 e. The van der Waals surface area contributed by atoms with Gasteiger partial charge in [-0.3, -0.25) is 0 Å². The summed E-state index contributed by atoms with van der Waals surface area (Å²) >= 11 is 3.08. The molecule has 0 fully saturated rings. The van der Waals surface area contributed by atoms with Crippen LogP contribution in [0.1, 0.15) is 86.1 Å². The summed E-state index contributed by atoms with van der Waals surface area (Å²) in [4.78, 5) is 1.83. The van der Waals surface area contributed by atoms with Crippen molar-refractivity contribution in [3.63, 3.8) is 0 Å². The van der Waals surface area contributed by atoms with Gasteiger partial charge in [-0.2, -0.15) is 10.5 Å². The quantitative estimate of drug-likeness (QED) is 0.133. The first-order chi connectivity index (χ1) is 18.7. The lowest BCUT2D eigenvalue weighted by Gasteiger charge is -2.16. The Kier molecular flexibility index (Phi) is 12.7. The van der Waals surface area contributed by atoms with Gasteiger partial charge in [-0.25, -0.2) is 0 Å². The SMILES string of the molecule is CCCCCCOc1cc(C=C(C#N)c2cccs2)c(OCCCCCC)cc1C=C(C#N)c1cccs1. The predicted molar refractivity (Wildman–Crippen MR) is 161 cm³/mol. The third-order valence-corrected chi connectivity index (χ3v) is 7.87. The first-order valence-electron chi connectivity index (χ1n) is 13.4. The van der Waals surface area contributed by atoms with E-state index in [0.717, 1.165) is 46.6 Å². The number of hydrogen-bond donors (Lipinski definition) is 0. The molecule has 1 aromatic carbocycles. The van der Waals surface area contributed by atoms with Crippen LogP contribution in [0, 0.1) is 22.7 Å². The number of nitrogens with zero attached hydrogens (tertiary/aromatic N) is 2. The largest absolute Gasteiger partial charge is 0.493 e. The summed E-state index contributed by atoms with van der Waals surface area (Å²) in [6.45, 7) is 5.58. The average Bonchev–Trinajstić information content (AvgIpc) is 3.66. The molecule has 0 amide bonds. The average molecular weight is 545 g/mol. The van der Waals surface area contributed by atoms with Crippen molar-refractivity contribution in [3.05, 3.63) is 68.0 Å². The maximum Gasteiger partial charge on any atom is 0.127 e. The summed E-state index contributed by atoms with van der Waals surface area (Å²) in [5.74, 6) is 1.39. The van der Waals surface area contributed by atoms with Crippen LogP contribution in [0.2, 0.25) is 0 Å². The summed E-state index contributed by atoms with van der Waals surface area (Å²) in [6.07, 6.45) is 12.6. The zero-order valence-corrected chi connectivity index (χ0v) is 24.0. The number of rotatable bonds is 16. The monoisotopic (exact) mass is 544 g/mol. The van der Waals surface area contributed by atoms with E-state index in [-0.39, 0.29) is 0 Å². The Morgan fingerprint density at radius 1 is 0.711 bits per heavy atom. The summed E-state index contributed by atoms with van der Waals surface area (Å²) in [6, 6.07) is 16.4. The second-order valence-corrected chi connectivity index (χ2v) is 10.9. The Morgan fingerprint density at radius 2 is 1.16 bits per heavy atom. The highest BCUT2D eigenvalue weighted by atomic mass is 32.1. The Bertz CT molecular complexity index is 1160. The molecule has 3 aromatic rings. The minimum atomic E-state index is 0.587. The van der Waals surface area contributed by atoms with Gasteiger partial charge in [0.15, 0.2) is 0 Å². The van der Waals surface area contributed by atoms with Crippen LogP contribution in [0.25, 0.3) is 23.3 Å². The second-order valence-electron chi connectivity index (χ2n) is 9.04. The number of benzene rings is 1. The first kappa shape index (κ1) is 29.2. The molecule has 3 rings (SSSR count). The van der Waals surface area contributed by atoms with Gasteiger partial charge in [0.1, 0.15) is 23.6 Å². The molecule has 0 radical (unpaired) electrons. The molecule has 0 saturated carbocycles. The number of unbranched alkanes of at least 4 members (excludes halogenated alkanes) is 6. The van der Waals surface area contributed by atoms with Crippen molar-refractivity contribution >= 4 is 46.0 Å². The number of hydrogen-bond acceptors (Lipinski definition) is 6. The lowest BCUT2D eigenvalue weighted by Crippen LogP contribution is -2.03. The van der Waals surface area contributed by atoms with Gasteiger partial charge in [-0.15, -0.1) is 22.7 Å². The molecule has 2 aromatic heterocycles. The van der Waals surface area contributed by atoms with E-state index in [1.807, 2.05) is 59.3 Å². The molecule has 4 nitrogen and oxygen atoms in total. The third kappa shape index (κ3) is 8.91. The number of allylic oxidation sites excluding steroid dienone is 2. The highest BCUT2D eigenvalue weighted by Crippen LogP contribution is 2.36. The van der Waals surface area contributed by atoms with Crippen molar-refractivity contribution in [2.45, 2.75) is 65.2 Å². The van der Waals surface area contributed by atoms with Crippen LogP contribution in [0.4, 0.5) is 0 Å². The first-order valence-corrected chi connectivity index (χ1v) is 15.2. The van der Waals surface area contributed by atoms with E-state index in [0.29, 0.717) is 35.9 Å². The molecule has 2 heterocycles. The third-order valence-electron chi connectivity index (χ3n) is 6.07. The maximum absolute atomic E-state index is 9.90. The van der Waals surface area contributed by atoms with Crippen molar-refractivity contribution in [2.24, 2.45) is 0 Å². The Morgan fingerprint density at radius 3 is 1.50 bits per heavy atom. The molecule has 0 unspecified atom stereocenters. The number of ether oxygens (including phenoxy) is 2. The van der Waals surface area contributed by atoms with Crippen molar-refractivity contribution < 1.29 is 9.47 Å². The van der Waals surface area contributed by atoms with E-state index in [2.05, 4.69) is 26.0 Å². The van der Waals surface area contributed by atoms with E-state index in [9.17, 15) is 10.5 Å². The Labute approximate surface area is 235 Å². The fourth-order valence-electron chi connectivity index (χ4n) is 3.98. The number of thiophene rings is 2. The molecule has 0 aliphatic rings. The van der Waals surface area contributed by atoms with Gasteiger partial charge in [-0.05, 0) is 60.0 Å². The van der Waals surface area contributed by atoms with E-state index < -0.39 is 0 Å². The summed E-state index contributed by atoms with van der Waals surface area (Å²) < 4.78 is 12.6. The molecule has 0 spiro atoms. The highest BCUT2D eigenvalue weighted by Gasteiger charge is 2.14. The molecule has 0 bridgehead atoms. The summed E-state index contributed by atoms with van der Waals surface area (Å²) in [5.41, 5.74) is 2.79. The van der Waals surface area contributed by atoms with Crippen LogP contribution in [-0.2, 0) is 0 Å². The maximum atomic E-state index is 9.90. The van der Waals surface area contributed by atoms with Crippen LogP contribution in [0.5, 0.6) is 11.5 Å². The van der Waals surface area contributed by atoms with Gasteiger partial charge in [0.25, 0.3) is 0 Å². The minimum absolute atomic E-state index is 0.587. The van der Waals surface area contributed by atoms with Gasteiger partial charge >= 0.3 is 0 Å².